The van der Waals surface area contributed by atoms with Crippen molar-refractivity contribution in [2.75, 3.05) is 39.3 Å². The fourth-order valence-corrected chi connectivity index (χ4v) is 6.98. The lowest BCUT2D eigenvalue weighted by Gasteiger charge is -2.41. The molecule has 2 heterocycles. The minimum atomic E-state index is 0.286. The largest absolute Gasteiger partial charge is 0.508 e. The van der Waals surface area contributed by atoms with Crippen LogP contribution in [0.4, 0.5) is 0 Å². The lowest BCUT2D eigenvalue weighted by atomic mass is 9.90. The lowest BCUT2D eigenvalue weighted by Crippen LogP contribution is -2.49. The summed E-state index contributed by atoms with van der Waals surface area (Å²) < 4.78 is 12.6. The number of hydrogen-bond acceptors (Lipinski definition) is 5. The molecule has 2 unspecified atom stereocenters. The zero-order valence-electron chi connectivity index (χ0n) is 24.5. The van der Waals surface area contributed by atoms with Gasteiger partial charge in [0.15, 0.2) is 0 Å². The maximum absolute atomic E-state index is 10.3. The highest BCUT2D eigenvalue weighted by molar-refractivity contribution is 5.70. The molecule has 2 saturated heterocycles. The Morgan fingerprint density at radius 1 is 0.707 bits per heavy atom. The molecule has 41 heavy (non-hydrogen) atoms. The Morgan fingerprint density at radius 2 is 1.41 bits per heavy atom. The molecule has 2 aliphatic heterocycles. The normalized spacial score (nSPS) is 22.0. The summed E-state index contributed by atoms with van der Waals surface area (Å²) in [6.45, 7) is 6.55. The molecule has 1 saturated carbocycles. The van der Waals surface area contributed by atoms with Crippen molar-refractivity contribution < 1.29 is 14.6 Å². The fraction of sp³-hybridized carbons (Fsp3) is 0.500. The zero-order chi connectivity index (χ0) is 27.9. The summed E-state index contributed by atoms with van der Waals surface area (Å²) in [7, 11) is 0. The quantitative estimate of drug-likeness (QED) is 0.285. The molecular weight excluding hydrogens is 508 g/mol. The first kappa shape index (κ1) is 28.1. The van der Waals surface area contributed by atoms with Crippen molar-refractivity contribution >= 4 is 0 Å². The summed E-state index contributed by atoms with van der Waals surface area (Å²) in [5.41, 5.74) is 4.57. The Labute approximate surface area is 246 Å². The van der Waals surface area contributed by atoms with E-state index in [2.05, 4.69) is 46.2 Å². The van der Waals surface area contributed by atoms with Crippen molar-refractivity contribution in [2.24, 2.45) is 0 Å². The van der Waals surface area contributed by atoms with Crippen LogP contribution in [0, 0.1) is 0 Å². The van der Waals surface area contributed by atoms with Gasteiger partial charge in [-0.15, -0.1) is 0 Å². The molecule has 0 bridgehead atoms. The van der Waals surface area contributed by atoms with Gasteiger partial charge in [-0.25, -0.2) is 0 Å². The molecule has 0 spiro atoms. The molecule has 3 aliphatic rings. The average molecular weight is 555 g/mol. The van der Waals surface area contributed by atoms with Crippen molar-refractivity contribution in [1.29, 1.82) is 0 Å². The van der Waals surface area contributed by atoms with E-state index in [0.29, 0.717) is 12.1 Å². The number of phenolic OH excluding ortho intramolecular Hbond substituents is 1. The number of ether oxygens (including phenoxy) is 2. The monoisotopic (exact) mass is 554 g/mol. The Hall–Kier alpha value is -3.02. The standard InChI is InChI=1S/C36H46N2O3/c39-31-15-12-30(34(27-31)29-13-18-32(19-14-29)40-25-24-37-20-6-7-21-37)26-28-10-16-33(17-11-28)41-36-9-3-2-8-35(36)38-22-4-1-5-23-38/h10-19,27,35-36,39H,1-9,20-26H2. The van der Waals surface area contributed by atoms with Gasteiger partial charge in [-0.3, -0.25) is 9.80 Å². The molecule has 0 aromatic heterocycles. The fourth-order valence-electron chi connectivity index (χ4n) is 6.98. The third-order valence-corrected chi connectivity index (χ3v) is 9.27. The molecule has 2 atom stereocenters. The second kappa shape index (κ2) is 13.8. The molecule has 218 valence electrons. The molecule has 0 amide bonds. The van der Waals surface area contributed by atoms with Crippen molar-refractivity contribution in [2.45, 2.75) is 76.4 Å². The first-order valence-electron chi connectivity index (χ1n) is 16.0. The van der Waals surface area contributed by atoms with Gasteiger partial charge in [0.2, 0.25) is 0 Å². The maximum Gasteiger partial charge on any atom is 0.119 e. The van der Waals surface area contributed by atoms with E-state index in [-0.39, 0.29) is 5.75 Å². The van der Waals surface area contributed by atoms with Gasteiger partial charge in [0.25, 0.3) is 0 Å². The molecular formula is C36H46N2O3. The molecule has 5 heteroatoms. The van der Waals surface area contributed by atoms with Crippen LogP contribution in [0.15, 0.2) is 66.7 Å². The van der Waals surface area contributed by atoms with E-state index in [9.17, 15) is 5.11 Å². The van der Waals surface area contributed by atoms with Gasteiger partial charge >= 0.3 is 0 Å². The summed E-state index contributed by atoms with van der Waals surface area (Å²) in [5, 5.41) is 10.3. The topological polar surface area (TPSA) is 45.2 Å². The van der Waals surface area contributed by atoms with Crippen molar-refractivity contribution in [3.05, 3.63) is 77.9 Å². The van der Waals surface area contributed by atoms with Crippen LogP contribution in [0.25, 0.3) is 11.1 Å². The van der Waals surface area contributed by atoms with E-state index < -0.39 is 0 Å². The Bertz CT molecular complexity index is 1230. The molecule has 3 fully saturated rings. The smallest absolute Gasteiger partial charge is 0.119 e. The summed E-state index contributed by atoms with van der Waals surface area (Å²) in [4.78, 5) is 5.16. The highest BCUT2D eigenvalue weighted by Crippen LogP contribution is 2.32. The molecule has 3 aromatic rings. The van der Waals surface area contributed by atoms with Crippen LogP contribution in [0.5, 0.6) is 17.2 Å². The molecule has 3 aromatic carbocycles. The van der Waals surface area contributed by atoms with Gasteiger partial charge in [0.05, 0.1) is 0 Å². The number of hydrogen-bond donors (Lipinski definition) is 1. The average Bonchev–Trinajstić information content (AvgIpc) is 3.54. The molecule has 1 aliphatic carbocycles. The van der Waals surface area contributed by atoms with Crippen LogP contribution in [0.2, 0.25) is 0 Å². The number of nitrogens with zero attached hydrogens (tertiary/aromatic N) is 2. The summed E-state index contributed by atoms with van der Waals surface area (Å²) in [6.07, 6.45) is 12.7. The number of benzene rings is 3. The Kier molecular flexibility index (Phi) is 9.44. The number of likely N-dealkylation sites (tertiary alicyclic amines) is 2. The second-order valence-corrected chi connectivity index (χ2v) is 12.2. The Morgan fingerprint density at radius 3 is 2.20 bits per heavy atom. The number of aromatic hydroxyl groups is 1. The van der Waals surface area contributed by atoms with E-state index in [0.717, 1.165) is 48.6 Å². The first-order valence-corrected chi connectivity index (χ1v) is 16.0. The van der Waals surface area contributed by atoms with Crippen LogP contribution in [0.1, 0.15) is 68.9 Å². The van der Waals surface area contributed by atoms with Crippen LogP contribution < -0.4 is 9.47 Å². The van der Waals surface area contributed by atoms with Gasteiger partial charge in [0, 0.05) is 12.6 Å². The van der Waals surface area contributed by atoms with Gasteiger partial charge < -0.3 is 14.6 Å². The minimum Gasteiger partial charge on any atom is -0.508 e. The van der Waals surface area contributed by atoms with Gasteiger partial charge in [-0.2, -0.15) is 0 Å². The molecule has 5 nitrogen and oxygen atoms in total. The second-order valence-electron chi connectivity index (χ2n) is 12.2. The summed E-state index contributed by atoms with van der Waals surface area (Å²) >= 11 is 0. The van der Waals surface area contributed by atoms with Crippen LogP contribution in [0.3, 0.4) is 0 Å². The van der Waals surface area contributed by atoms with Crippen LogP contribution in [-0.2, 0) is 6.42 Å². The SMILES string of the molecule is Oc1ccc(Cc2ccc(OC3CCCCC3N3CCCCC3)cc2)c(-c2ccc(OCCN3CCCC3)cc2)c1. The zero-order valence-corrected chi connectivity index (χ0v) is 24.5. The van der Waals surface area contributed by atoms with Crippen molar-refractivity contribution in [1.82, 2.24) is 9.80 Å². The number of rotatable bonds is 10. The lowest BCUT2D eigenvalue weighted by molar-refractivity contribution is 0.0261. The van der Waals surface area contributed by atoms with Gasteiger partial charge in [-0.05, 0) is 136 Å². The predicted molar refractivity (Wildman–Crippen MR) is 166 cm³/mol. The predicted octanol–water partition coefficient (Wildman–Crippen LogP) is 7.30. The summed E-state index contributed by atoms with van der Waals surface area (Å²) in [6, 6.07) is 23.2. The van der Waals surface area contributed by atoms with E-state index in [1.165, 1.54) is 88.7 Å². The van der Waals surface area contributed by atoms with Crippen LogP contribution in [-0.4, -0.2) is 66.4 Å². The first-order chi connectivity index (χ1) is 20.2. The van der Waals surface area contributed by atoms with Gasteiger partial charge in [-0.1, -0.05) is 43.2 Å². The number of piperidine rings is 1. The van der Waals surface area contributed by atoms with E-state index in [1.54, 1.807) is 6.07 Å². The summed E-state index contributed by atoms with van der Waals surface area (Å²) in [5.74, 6) is 2.16. The van der Waals surface area contributed by atoms with Crippen molar-refractivity contribution in [3.63, 3.8) is 0 Å². The molecule has 6 rings (SSSR count). The third kappa shape index (κ3) is 7.44. The van der Waals surface area contributed by atoms with Crippen LogP contribution >= 0.6 is 0 Å². The Balaban J connectivity index is 1.09. The third-order valence-electron chi connectivity index (χ3n) is 9.27. The highest BCUT2D eigenvalue weighted by Gasteiger charge is 2.32. The van der Waals surface area contributed by atoms with E-state index in [4.69, 9.17) is 9.47 Å². The number of phenols is 1. The van der Waals surface area contributed by atoms with E-state index >= 15 is 0 Å². The maximum atomic E-state index is 10.3. The van der Waals surface area contributed by atoms with Crippen molar-refractivity contribution in [3.8, 4) is 28.4 Å². The van der Waals surface area contributed by atoms with E-state index in [1.807, 2.05) is 24.3 Å². The molecule has 0 radical (unpaired) electrons. The highest BCUT2D eigenvalue weighted by atomic mass is 16.5. The minimum absolute atomic E-state index is 0.286. The molecule has 1 N–H and O–H groups in total. The van der Waals surface area contributed by atoms with Gasteiger partial charge in [0.1, 0.15) is 30.0 Å².